The number of rotatable bonds is 8. The van der Waals surface area contributed by atoms with Gasteiger partial charge in [0.05, 0.1) is 0 Å². The molecule has 1 fully saturated rings. The number of hydrogen-bond acceptors (Lipinski definition) is 7. The third-order valence-electron chi connectivity index (χ3n) is 4.70. The van der Waals surface area contributed by atoms with E-state index in [1.165, 1.54) is 6.20 Å². The monoisotopic (exact) mass is 432 g/mol. The van der Waals surface area contributed by atoms with Gasteiger partial charge < -0.3 is 14.3 Å². The number of aromatic nitrogens is 1. The second-order valence-electron chi connectivity index (χ2n) is 7.00. The van der Waals surface area contributed by atoms with Crippen LogP contribution in [0.4, 0.5) is 0 Å². The number of benzene rings is 2. The van der Waals surface area contributed by atoms with E-state index in [2.05, 4.69) is 4.98 Å². The molecule has 0 radical (unpaired) electrons. The van der Waals surface area contributed by atoms with E-state index in [9.17, 15) is 14.4 Å². The van der Waals surface area contributed by atoms with Gasteiger partial charge in [0.15, 0.2) is 17.2 Å². The standard InChI is InChI=1S/C24H20N2O6/c27-20-11-12-21(28)26(20)32-24(29)22-23(31-16-18-9-5-2-6-10-18)19(13-14-25-22)30-15-17-7-3-1-4-8-17/h1-10,13-14H,11-12,15-16H2. The van der Waals surface area contributed by atoms with Gasteiger partial charge in [-0.3, -0.25) is 9.59 Å². The number of pyridine rings is 1. The van der Waals surface area contributed by atoms with Crippen LogP contribution in [0.1, 0.15) is 34.5 Å². The lowest BCUT2D eigenvalue weighted by molar-refractivity contribution is -0.172. The number of ether oxygens (including phenoxy) is 2. The van der Waals surface area contributed by atoms with Gasteiger partial charge in [-0.2, -0.15) is 0 Å². The van der Waals surface area contributed by atoms with Crippen molar-refractivity contribution in [3.8, 4) is 11.5 Å². The Balaban J connectivity index is 1.59. The van der Waals surface area contributed by atoms with Crippen LogP contribution in [0, 0.1) is 0 Å². The highest BCUT2D eigenvalue weighted by molar-refractivity contribution is 6.03. The van der Waals surface area contributed by atoms with Crippen LogP contribution in [0.25, 0.3) is 0 Å². The van der Waals surface area contributed by atoms with E-state index in [0.29, 0.717) is 5.06 Å². The zero-order valence-electron chi connectivity index (χ0n) is 17.1. The van der Waals surface area contributed by atoms with E-state index in [1.54, 1.807) is 6.07 Å². The van der Waals surface area contributed by atoms with E-state index < -0.39 is 17.8 Å². The third-order valence-corrected chi connectivity index (χ3v) is 4.70. The van der Waals surface area contributed by atoms with Crippen molar-refractivity contribution in [1.29, 1.82) is 0 Å². The second-order valence-corrected chi connectivity index (χ2v) is 7.00. The average molecular weight is 432 g/mol. The Labute approximate surface area is 184 Å². The van der Waals surface area contributed by atoms with Gasteiger partial charge in [0, 0.05) is 25.1 Å². The van der Waals surface area contributed by atoms with E-state index >= 15 is 0 Å². The van der Waals surface area contributed by atoms with Crippen molar-refractivity contribution in [2.24, 2.45) is 0 Å². The molecular weight excluding hydrogens is 412 g/mol. The van der Waals surface area contributed by atoms with E-state index in [-0.39, 0.29) is 43.2 Å². The maximum Gasteiger partial charge on any atom is 0.386 e. The second kappa shape index (κ2) is 9.74. The van der Waals surface area contributed by atoms with Crippen LogP contribution in [0.2, 0.25) is 0 Å². The van der Waals surface area contributed by atoms with Crippen LogP contribution in [-0.2, 0) is 27.6 Å². The van der Waals surface area contributed by atoms with Gasteiger partial charge >= 0.3 is 5.97 Å². The summed E-state index contributed by atoms with van der Waals surface area (Å²) < 4.78 is 11.8. The van der Waals surface area contributed by atoms with Crippen LogP contribution in [0.15, 0.2) is 72.9 Å². The lowest BCUT2D eigenvalue weighted by Crippen LogP contribution is -2.32. The molecule has 2 amide bonds. The number of nitrogens with zero attached hydrogens (tertiary/aromatic N) is 2. The van der Waals surface area contributed by atoms with E-state index in [1.807, 2.05) is 60.7 Å². The summed E-state index contributed by atoms with van der Waals surface area (Å²) in [5, 5.41) is 0.475. The summed E-state index contributed by atoms with van der Waals surface area (Å²) in [6.07, 6.45) is 1.37. The minimum absolute atomic E-state index is 0.00284. The van der Waals surface area contributed by atoms with Gasteiger partial charge in [-0.05, 0) is 11.1 Å². The molecule has 4 rings (SSSR count). The molecule has 0 spiro atoms. The molecule has 1 saturated heterocycles. The first kappa shape index (κ1) is 21.0. The summed E-state index contributed by atoms with van der Waals surface area (Å²) in [4.78, 5) is 45.5. The van der Waals surface area contributed by atoms with Crippen LogP contribution < -0.4 is 9.47 Å². The largest absolute Gasteiger partial charge is 0.485 e. The smallest absolute Gasteiger partial charge is 0.386 e. The first-order valence-corrected chi connectivity index (χ1v) is 10.0. The number of imide groups is 1. The van der Waals surface area contributed by atoms with Gasteiger partial charge in [0.2, 0.25) is 0 Å². The molecule has 162 valence electrons. The molecule has 0 unspecified atom stereocenters. The molecule has 0 bridgehead atoms. The van der Waals surface area contributed by atoms with Crippen LogP contribution >= 0.6 is 0 Å². The van der Waals surface area contributed by atoms with Crippen molar-refractivity contribution >= 4 is 17.8 Å². The molecule has 8 heteroatoms. The minimum atomic E-state index is -0.984. The fourth-order valence-corrected chi connectivity index (χ4v) is 3.08. The lowest BCUT2D eigenvalue weighted by atomic mass is 10.2. The Bertz CT molecular complexity index is 1100. The molecule has 8 nitrogen and oxygen atoms in total. The first-order chi connectivity index (χ1) is 15.6. The number of hydrogen-bond donors (Lipinski definition) is 0. The van der Waals surface area contributed by atoms with Gasteiger partial charge in [-0.1, -0.05) is 60.7 Å². The Kier molecular flexibility index (Phi) is 6.41. The zero-order chi connectivity index (χ0) is 22.3. The fraction of sp³-hybridized carbons (Fsp3) is 0.167. The number of amides is 2. The van der Waals surface area contributed by atoms with Gasteiger partial charge in [0.25, 0.3) is 11.8 Å². The molecule has 0 aliphatic carbocycles. The summed E-state index contributed by atoms with van der Waals surface area (Å²) >= 11 is 0. The first-order valence-electron chi connectivity index (χ1n) is 10.0. The molecular formula is C24H20N2O6. The maximum absolute atomic E-state index is 12.8. The Morgan fingerprint density at radius 1 is 0.812 bits per heavy atom. The number of carbonyl (C=O) groups is 3. The van der Waals surface area contributed by atoms with Crippen molar-refractivity contribution in [3.63, 3.8) is 0 Å². The minimum Gasteiger partial charge on any atom is -0.485 e. The van der Waals surface area contributed by atoms with Gasteiger partial charge in [-0.25, -0.2) is 9.78 Å². The Morgan fingerprint density at radius 3 is 1.97 bits per heavy atom. The Hall–Kier alpha value is -4.20. The highest BCUT2D eigenvalue weighted by Crippen LogP contribution is 2.32. The molecule has 1 aliphatic rings. The number of carbonyl (C=O) groups excluding carboxylic acids is 3. The van der Waals surface area contributed by atoms with E-state index in [0.717, 1.165) is 11.1 Å². The summed E-state index contributed by atoms with van der Waals surface area (Å²) in [5.74, 6) is -1.79. The molecule has 0 saturated carbocycles. The quantitative estimate of drug-likeness (QED) is 0.503. The van der Waals surface area contributed by atoms with Crippen molar-refractivity contribution in [2.75, 3.05) is 0 Å². The molecule has 2 heterocycles. The van der Waals surface area contributed by atoms with Crippen molar-refractivity contribution in [3.05, 3.63) is 89.7 Å². The van der Waals surface area contributed by atoms with Gasteiger partial charge in [-0.15, -0.1) is 5.06 Å². The fourth-order valence-electron chi connectivity index (χ4n) is 3.08. The highest BCUT2D eigenvalue weighted by Gasteiger charge is 2.34. The highest BCUT2D eigenvalue weighted by atomic mass is 16.7. The zero-order valence-corrected chi connectivity index (χ0v) is 17.1. The number of hydroxylamine groups is 2. The molecule has 1 aromatic heterocycles. The lowest BCUT2D eigenvalue weighted by Gasteiger charge is -2.17. The summed E-state index contributed by atoms with van der Waals surface area (Å²) in [6, 6.07) is 20.5. The summed E-state index contributed by atoms with van der Waals surface area (Å²) in [5.41, 5.74) is 1.60. The predicted octanol–water partition coefficient (Wildman–Crippen LogP) is 3.46. The summed E-state index contributed by atoms with van der Waals surface area (Å²) in [6.45, 7) is 0.389. The van der Waals surface area contributed by atoms with Crippen LogP contribution in [0.3, 0.4) is 0 Å². The molecule has 2 aromatic carbocycles. The molecule has 0 N–H and O–H groups in total. The predicted molar refractivity (Wildman–Crippen MR) is 112 cm³/mol. The van der Waals surface area contributed by atoms with E-state index in [4.69, 9.17) is 14.3 Å². The van der Waals surface area contributed by atoms with Crippen LogP contribution in [-0.4, -0.2) is 27.8 Å². The maximum atomic E-state index is 12.8. The Morgan fingerprint density at radius 2 is 1.38 bits per heavy atom. The average Bonchev–Trinajstić information content (AvgIpc) is 3.15. The van der Waals surface area contributed by atoms with Crippen molar-refractivity contribution in [1.82, 2.24) is 10.0 Å². The normalized spacial score (nSPS) is 13.2. The van der Waals surface area contributed by atoms with Crippen molar-refractivity contribution < 1.29 is 28.7 Å². The molecule has 32 heavy (non-hydrogen) atoms. The molecule has 1 aliphatic heterocycles. The summed E-state index contributed by atoms with van der Waals surface area (Å²) in [7, 11) is 0. The SMILES string of the molecule is O=C(ON1C(=O)CCC1=O)c1nccc(OCc2ccccc2)c1OCc1ccccc1. The van der Waals surface area contributed by atoms with Crippen LogP contribution in [0.5, 0.6) is 11.5 Å². The molecule has 0 atom stereocenters. The van der Waals surface area contributed by atoms with Gasteiger partial charge in [0.1, 0.15) is 13.2 Å². The topological polar surface area (TPSA) is 95.0 Å². The van der Waals surface area contributed by atoms with Crippen molar-refractivity contribution in [2.45, 2.75) is 26.1 Å². The third kappa shape index (κ3) is 4.92. The molecule has 3 aromatic rings.